The zero-order chi connectivity index (χ0) is 16.4. The third-order valence-electron chi connectivity index (χ3n) is 3.93. The Balaban J connectivity index is 1.93. The fourth-order valence-electron chi connectivity index (χ4n) is 2.62. The van der Waals surface area contributed by atoms with Crippen molar-refractivity contribution < 1.29 is 18.7 Å². The first-order valence-corrected chi connectivity index (χ1v) is 7.90. The van der Waals surface area contributed by atoms with Gasteiger partial charge in [-0.05, 0) is 52.7 Å². The van der Waals surface area contributed by atoms with Gasteiger partial charge in [0.2, 0.25) is 0 Å². The summed E-state index contributed by atoms with van der Waals surface area (Å²) in [7, 11) is 0. The number of hydrogen-bond acceptors (Lipinski definition) is 4. The van der Waals surface area contributed by atoms with Crippen molar-refractivity contribution in [1.82, 2.24) is 4.90 Å². The van der Waals surface area contributed by atoms with Crippen LogP contribution in [0.25, 0.3) is 0 Å². The largest absolute Gasteiger partial charge is 0.464 e. The van der Waals surface area contributed by atoms with E-state index in [4.69, 9.17) is 13.9 Å². The minimum Gasteiger partial charge on any atom is -0.464 e. The summed E-state index contributed by atoms with van der Waals surface area (Å²) in [4.78, 5) is 13.9. The van der Waals surface area contributed by atoms with E-state index >= 15 is 0 Å². The summed E-state index contributed by atoms with van der Waals surface area (Å²) in [6, 6.07) is 3.86. The Labute approximate surface area is 132 Å². The molecule has 5 nitrogen and oxygen atoms in total. The van der Waals surface area contributed by atoms with Gasteiger partial charge >= 0.3 is 6.09 Å². The Morgan fingerprint density at radius 2 is 2.14 bits per heavy atom. The van der Waals surface area contributed by atoms with Gasteiger partial charge in [-0.1, -0.05) is 6.92 Å². The number of carbonyl (C=O) groups is 1. The second-order valence-electron chi connectivity index (χ2n) is 6.99. The number of furan rings is 1. The van der Waals surface area contributed by atoms with Crippen LogP contribution in [0.2, 0.25) is 0 Å². The molecule has 0 aromatic carbocycles. The summed E-state index contributed by atoms with van der Waals surface area (Å²) < 4.78 is 17.1. The summed E-state index contributed by atoms with van der Waals surface area (Å²) in [5, 5.41) is 0. The van der Waals surface area contributed by atoms with Gasteiger partial charge in [0.25, 0.3) is 0 Å². The summed E-state index contributed by atoms with van der Waals surface area (Å²) in [6.07, 6.45) is 1.41. The lowest BCUT2D eigenvalue weighted by molar-refractivity contribution is -0.0585. The molecule has 1 amide bonds. The molecular weight excluding hydrogens is 282 g/mol. The van der Waals surface area contributed by atoms with Crippen LogP contribution in [0.4, 0.5) is 4.79 Å². The van der Waals surface area contributed by atoms with Gasteiger partial charge in [0.15, 0.2) is 0 Å². The lowest BCUT2D eigenvalue weighted by Gasteiger charge is -2.29. The highest BCUT2D eigenvalue weighted by Gasteiger charge is 2.41. The van der Waals surface area contributed by atoms with Crippen molar-refractivity contribution in [2.45, 2.75) is 65.3 Å². The van der Waals surface area contributed by atoms with E-state index in [1.54, 1.807) is 4.90 Å². The first-order chi connectivity index (χ1) is 10.2. The van der Waals surface area contributed by atoms with Crippen molar-refractivity contribution in [3.63, 3.8) is 0 Å². The van der Waals surface area contributed by atoms with Crippen LogP contribution in [0.3, 0.4) is 0 Å². The molecule has 1 saturated heterocycles. The monoisotopic (exact) mass is 309 g/mol. The van der Waals surface area contributed by atoms with Crippen molar-refractivity contribution in [3.05, 3.63) is 23.7 Å². The Kier molecular flexibility index (Phi) is 4.85. The molecule has 0 aliphatic carbocycles. The lowest BCUT2D eigenvalue weighted by Crippen LogP contribution is -2.40. The van der Waals surface area contributed by atoms with E-state index in [9.17, 15) is 4.79 Å². The van der Waals surface area contributed by atoms with Crippen LogP contribution in [0.1, 0.15) is 52.1 Å². The molecule has 1 aliphatic rings. The molecule has 5 heteroatoms. The molecule has 124 valence electrons. The highest BCUT2D eigenvalue weighted by atomic mass is 16.6. The number of amides is 1. The van der Waals surface area contributed by atoms with Crippen molar-refractivity contribution in [2.24, 2.45) is 0 Å². The molecule has 0 radical (unpaired) electrons. The van der Waals surface area contributed by atoms with Crippen molar-refractivity contribution in [1.29, 1.82) is 0 Å². The number of hydrogen-bond donors (Lipinski definition) is 0. The Hall–Kier alpha value is -1.49. The Bertz CT molecular complexity index is 517. The summed E-state index contributed by atoms with van der Waals surface area (Å²) >= 11 is 0. The van der Waals surface area contributed by atoms with Crippen LogP contribution in [0.5, 0.6) is 0 Å². The van der Waals surface area contributed by atoms with E-state index in [1.807, 2.05) is 39.8 Å². The molecule has 1 aromatic rings. The third kappa shape index (κ3) is 4.26. The first kappa shape index (κ1) is 16.9. The van der Waals surface area contributed by atoms with Crippen molar-refractivity contribution in [3.8, 4) is 0 Å². The van der Waals surface area contributed by atoms with Gasteiger partial charge in [-0.15, -0.1) is 0 Å². The van der Waals surface area contributed by atoms with Crippen LogP contribution < -0.4 is 0 Å². The second kappa shape index (κ2) is 6.32. The number of aryl methyl sites for hydroxylation is 1. The first-order valence-electron chi connectivity index (χ1n) is 7.90. The Morgan fingerprint density at radius 1 is 1.41 bits per heavy atom. The van der Waals surface area contributed by atoms with Crippen molar-refractivity contribution in [2.75, 3.05) is 13.1 Å². The predicted molar refractivity (Wildman–Crippen MR) is 83.7 cm³/mol. The summed E-state index contributed by atoms with van der Waals surface area (Å²) in [6.45, 7) is 11.3. The normalized spacial score (nSPS) is 22.1. The van der Waals surface area contributed by atoms with Crippen LogP contribution >= 0.6 is 0 Å². The van der Waals surface area contributed by atoms with E-state index < -0.39 is 5.60 Å². The molecule has 1 fully saturated rings. The molecule has 0 spiro atoms. The SMILES string of the molecule is CCC1(OCc2ccc(C)o2)CCN(C(=O)OC(C)(C)C)C1. The molecule has 1 unspecified atom stereocenters. The van der Waals surface area contributed by atoms with Crippen LogP contribution in [-0.4, -0.2) is 35.3 Å². The highest BCUT2D eigenvalue weighted by Crippen LogP contribution is 2.31. The van der Waals surface area contributed by atoms with Gasteiger partial charge in [-0.3, -0.25) is 0 Å². The fraction of sp³-hybridized carbons (Fsp3) is 0.706. The summed E-state index contributed by atoms with van der Waals surface area (Å²) in [5.41, 5.74) is -0.779. The smallest absolute Gasteiger partial charge is 0.410 e. The molecule has 1 aromatic heterocycles. The zero-order valence-corrected chi connectivity index (χ0v) is 14.3. The number of carbonyl (C=O) groups excluding carboxylic acids is 1. The third-order valence-corrected chi connectivity index (χ3v) is 3.93. The van der Waals surface area contributed by atoms with E-state index in [-0.39, 0.29) is 11.7 Å². The quantitative estimate of drug-likeness (QED) is 0.846. The van der Waals surface area contributed by atoms with Crippen molar-refractivity contribution >= 4 is 6.09 Å². The fourth-order valence-corrected chi connectivity index (χ4v) is 2.62. The average molecular weight is 309 g/mol. The van der Waals surface area contributed by atoms with Crippen LogP contribution in [0, 0.1) is 6.92 Å². The predicted octanol–water partition coefficient (Wildman–Crippen LogP) is 3.89. The number of ether oxygens (including phenoxy) is 2. The molecular formula is C17H27NO4. The average Bonchev–Trinajstić information content (AvgIpc) is 3.02. The van der Waals surface area contributed by atoms with E-state index in [0.29, 0.717) is 19.7 Å². The minimum atomic E-state index is -0.471. The number of rotatable bonds is 4. The molecule has 2 rings (SSSR count). The van der Waals surface area contributed by atoms with Crippen LogP contribution in [-0.2, 0) is 16.1 Å². The van der Waals surface area contributed by atoms with Gasteiger partial charge in [0, 0.05) is 6.54 Å². The van der Waals surface area contributed by atoms with Crippen LogP contribution in [0.15, 0.2) is 16.5 Å². The second-order valence-corrected chi connectivity index (χ2v) is 6.99. The van der Waals surface area contributed by atoms with Gasteiger partial charge in [-0.2, -0.15) is 0 Å². The maximum Gasteiger partial charge on any atom is 0.410 e. The lowest BCUT2D eigenvalue weighted by atomic mass is 10.00. The maximum absolute atomic E-state index is 12.2. The van der Waals surface area contributed by atoms with E-state index in [2.05, 4.69) is 6.92 Å². The standard InChI is InChI=1S/C17H27NO4/c1-6-17(20-11-14-8-7-13(2)21-14)9-10-18(12-17)15(19)22-16(3,4)5/h7-8H,6,9-12H2,1-5H3. The van der Waals surface area contributed by atoms with E-state index in [0.717, 1.165) is 24.4 Å². The molecule has 0 bridgehead atoms. The Morgan fingerprint density at radius 3 is 2.68 bits per heavy atom. The molecule has 0 saturated carbocycles. The topological polar surface area (TPSA) is 51.9 Å². The zero-order valence-electron chi connectivity index (χ0n) is 14.3. The molecule has 2 heterocycles. The highest BCUT2D eigenvalue weighted by molar-refractivity contribution is 5.68. The molecule has 0 N–H and O–H groups in total. The minimum absolute atomic E-state index is 0.264. The number of nitrogens with zero attached hydrogens (tertiary/aromatic N) is 1. The molecule has 22 heavy (non-hydrogen) atoms. The van der Waals surface area contributed by atoms with E-state index in [1.165, 1.54) is 0 Å². The summed E-state index contributed by atoms with van der Waals surface area (Å²) in [5.74, 6) is 1.70. The van der Waals surface area contributed by atoms with Gasteiger partial charge < -0.3 is 18.8 Å². The number of likely N-dealkylation sites (tertiary alicyclic amines) is 1. The molecule has 1 atom stereocenters. The van der Waals surface area contributed by atoms with Gasteiger partial charge in [0.05, 0.1) is 12.1 Å². The van der Waals surface area contributed by atoms with Gasteiger partial charge in [-0.25, -0.2) is 4.79 Å². The van der Waals surface area contributed by atoms with Gasteiger partial charge in [0.1, 0.15) is 23.7 Å². The molecule has 1 aliphatic heterocycles. The maximum atomic E-state index is 12.2.